The number of carbonyl (C=O) groups is 4. The number of hydrogen-bond acceptors (Lipinski definition) is 5. The Labute approximate surface area is 187 Å². The predicted octanol–water partition coefficient (Wildman–Crippen LogP) is 1.89. The molecule has 0 atom stereocenters. The summed E-state index contributed by atoms with van der Waals surface area (Å²) < 4.78 is 0. The van der Waals surface area contributed by atoms with Crippen LogP contribution < -0.4 is 4.90 Å². The topological polar surface area (TPSA) is 81.2 Å². The number of amides is 4. The molecule has 0 radical (unpaired) electrons. The largest absolute Gasteiger partial charge is 0.344 e. The Morgan fingerprint density at radius 1 is 0.812 bits per heavy atom. The van der Waals surface area contributed by atoms with Gasteiger partial charge in [0.1, 0.15) is 6.54 Å². The number of piperazine rings is 1. The molecule has 2 aromatic rings. The van der Waals surface area contributed by atoms with Crippen LogP contribution in [-0.2, 0) is 14.4 Å². The molecule has 166 valence electrons. The minimum Gasteiger partial charge on any atom is -0.344 e. The number of benzene rings is 2. The van der Waals surface area contributed by atoms with Crippen molar-refractivity contribution in [2.45, 2.75) is 12.8 Å². The number of nitrogens with zero attached hydrogens (tertiary/aromatic N) is 4. The highest BCUT2D eigenvalue weighted by Gasteiger charge is 2.33. The third kappa shape index (κ3) is 4.34. The van der Waals surface area contributed by atoms with Crippen LogP contribution in [0.5, 0.6) is 0 Å². The number of rotatable bonds is 5. The van der Waals surface area contributed by atoms with Gasteiger partial charge in [-0.25, -0.2) is 0 Å². The molecule has 2 fully saturated rings. The summed E-state index contributed by atoms with van der Waals surface area (Å²) in [7, 11) is 1.93. The van der Waals surface area contributed by atoms with Crippen LogP contribution in [0.3, 0.4) is 0 Å². The van der Waals surface area contributed by atoms with Gasteiger partial charge in [-0.2, -0.15) is 0 Å². The summed E-state index contributed by atoms with van der Waals surface area (Å²) in [5, 5.41) is 0. The fraction of sp³-hybridized carbons (Fsp3) is 0.333. The van der Waals surface area contributed by atoms with Gasteiger partial charge in [-0.15, -0.1) is 0 Å². The van der Waals surface area contributed by atoms with Gasteiger partial charge in [-0.3, -0.25) is 24.1 Å². The van der Waals surface area contributed by atoms with E-state index in [1.807, 2.05) is 66.5 Å². The average molecular weight is 434 g/mol. The highest BCUT2D eigenvalue weighted by atomic mass is 16.2. The van der Waals surface area contributed by atoms with Crippen LogP contribution in [0.1, 0.15) is 23.2 Å². The van der Waals surface area contributed by atoms with Crippen LogP contribution in [-0.4, -0.2) is 78.1 Å². The first-order valence-electron chi connectivity index (χ1n) is 10.7. The molecular formula is C24H26N4O4. The average Bonchev–Trinajstić information content (AvgIpc) is 3.15. The first-order chi connectivity index (χ1) is 15.5. The maximum atomic E-state index is 13.3. The van der Waals surface area contributed by atoms with Gasteiger partial charge >= 0.3 is 0 Å². The third-order valence-corrected chi connectivity index (χ3v) is 6.01. The van der Waals surface area contributed by atoms with Gasteiger partial charge in [0.25, 0.3) is 5.91 Å². The van der Waals surface area contributed by atoms with Gasteiger partial charge in [0.15, 0.2) is 0 Å². The summed E-state index contributed by atoms with van der Waals surface area (Å²) in [6.45, 7) is 1.33. The van der Waals surface area contributed by atoms with Crippen molar-refractivity contribution in [2.24, 2.45) is 0 Å². The van der Waals surface area contributed by atoms with E-state index in [-0.39, 0.29) is 43.0 Å². The molecule has 2 saturated heterocycles. The molecule has 0 aromatic heterocycles. The van der Waals surface area contributed by atoms with Gasteiger partial charge in [0, 0.05) is 51.8 Å². The summed E-state index contributed by atoms with van der Waals surface area (Å²) in [5.41, 5.74) is 2.40. The lowest BCUT2D eigenvalue weighted by molar-refractivity contribution is -0.146. The Morgan fingerprint density at radius 2 is 1.38 bits per heavy atom. The van der Waals surface area contributed by atoms with E-state index in [0.29, 0.717) is 31.7 Å². The molecule has 4 amide bonds. The second-order valence-electron chi connectivity index (χ2n) is 7.96. The molecule has 8 nitrogen and oxygen atoms in total. The summed E-state index contributed by atoms with van der Waals surface area (Å²) in [6, 6.07) is 17.3. The van der Waals surface area contributed by atoms with Gasteiger partial charge in [-0.05, 0) is 24.3 Å². The van der Waals surface area contributed by atoms with Crippen molar-refractivity contribution < 1.29 is 19.2 Å². The molecule has 0 N–H and O–H groups in total. The zero-order chi connectivity index (χ0) is 22.7. The number of carbonyl (C=O) groups excluding carboxylic acids is 4. The first-order valence-corrected chi connectivity index (χ1v) is 10.7. The van der Waals surface area contributed by atoms with Crippen LogP contribution in [0.15, 0.2) is 54.6 Å². The Kier molecular flexibility index (Phi) is 6.20. The van der Waals surface area contributed by atoms with E-state index in [4.69, 9.17) is 0 Å². The first kappa shape index (κ1) is 21.5. The molecule has 32 heavy (non-hydrogen) atoms. The lowest BCUT2D eigenvalue weighted by Crippen LogP contribution is -2.53. The number of anilines is 2. The zero-order valence-electron chi connectivity index (χ0n) is 18.1. The molecule has 4 rings (SSSR count). The molecule has 2 heterocycles. The fourth-order valence-electron chi connectivity index (χ4n) is 4.10. The Bertz CT molecular complexity index is 1020. The molecule has 0 bridgehead atoms. The van der Waals surface area contributed by atoms with Gasteiger partial charge in [-0.1, -0.05) is 30.3 Å². The minimum atomic E-state index is -0.295. The highest BCUT2D eigenvalue weighted by molar-refractivity contribution is 6.04. The number of para-hydroxylation sites is 2. The summed E-state index contributed by atoms with van der Waals surface area (Å²) >= 11 is 0. The van der Waals surface area contributed by atoms with E-state index in [0.717, 1.165) is 16.3 Å². The van der Waals surface area contributed by atoms with E-state index < -0.39 is 0 Å². The molecule has 0 unspecified atom stereocenters. The van der Waals surface area contributed by atoms with Crippen LogP contribution in [0, 0.1) is 0 Å². The lowest BCUT2D eigenvalue weighted by atomic mass is 10.1. The monoisotopic (exact) mass is 434 g/mol. The molecule has 2 aromatic carbocycles. The number of likely N-dealkylation sites (tertiary alicyclic amines) is 1. The normalized spacial score (nSPS) is 16.5. The smallest absolute Gasteiger partial charge is 0.256 e. The molecule has 0 saturated carbocycles. The van der Waals surface area contributed by atoms with Crippen molar-refractivity contribution in [3.8, 4) is 0 Å². The van der Waals surface area contributed by atoms with Crippen molar-refractivity contribution in [3.05, 3.63) is 60.2 Å². The van der Waals surface area contributed by atoms with Crippen molar-refractivity contribution in [3.63, 3.8) is 0 Å². The second-order valence-corrected chi connectivity index (χ2v) is 7.96. The van der Waals surface area contributed by atoms with Crippen LogP contribution in [0.2, 0.25) is 0 Å². The molecule has 8 heteroatoms. The fourth-order valence-corrected chi connectivity index (χ4v) is 4.10. The predicted molar refractivity (Wildman–Crippen MR) is 119 cm³/mol. The molecule has 0 spiro atoms. The quantitative estimate of drug-likeness (QED) is 0.672. The van der Waals surface area contributed by atoms with Crippen molar-refractivity contribution >= 4 is 35.0 Å². The van der Waals surface area contributed by atoms with E-state index in [1.165, 1.54) is 0 Å². The number of imide groups is 1. The van der Waals surface area contributed by atoms with Gasteiger partial charge in [0.2, 0.25) is 17.7 Å². The Balaban J connectivity index is 1.40. The van der Waals surface area contributed by atoms with Crippen LogP contribution in [0.4, 0.5) is 11.4 Å². The third-order valence-electron chi connectivity index (χ3n) is 6.01. The van der Waals surface area contributed by atoms with E-state index in [2.05, 4.69) is 0 Å². The van der Waals surface area contributed by atoms with E-state index in [1.54, 1.807) is 9.80 Å². The maximum Gasteiger partial charge on any atom is 0.256 e. The van der Waals surface area contributed by atoms with Gasteiger partial charge < -0.3 is 14.7 Å². The summed E-state index contributed by atoms with van der Waals surface area (Å²) in [6.07, 6.45) is 0.344. The molecule has 0 aliphatic carbocycles. The van der Waals surface area contributed by atoms with Crippen LogP contribution >= 0.6 is 0 Å². The SMILES string of the molecule is CN(c1ccccc1)c1ccccc1C(=O)N1CCN(C(=O)CN2C(=O)CCC2=O)CC1. The molecule has 2 aliphatic heterocycles. The Hall–Kier alpha value is -3.68. The molecule has 2 aliphatic rings. The number of hydrogen-bond donors (Lipinski definition) is 0. The van der Waals surface area contributed by atoms with Crippen molar-refractivity contribution in [1.29, 1.82) is 0 Å². The van der Waals surface area contributed by atoms with E-state index in [9.17, 15) is 19.2 Å². The van der Waals surface area contributed by atoms with Gasteiger partial charge in [0.05, 0.1) is 11.3 Å². The highest BCUT2D eigenvalue weighted by Crippen LogP contribution is 2.28. The second kappa shape index (κ2) is 9.21. The van der Waals surface area contributed by atoms with Crippen LogP contribution in [0.25, 0.3) is 0 Å². The van der Waals surface area contributed by atoms with E-state index >= 15 is 0 Å². The van der Waals surface area contributed by atoms with Crippen molar-refractivity contribution in [2.75, 3.05) is 44.7 Å². The maximum absolute atomic E-state index is 13.3. The van der Waals surface area contributed by atoms with Crippen molar-refractivity contribution in [1.82, 2.24) is 14.7 Å². The zero-order valence-corrected chi connectivity index (χ0v) is 18.1. The minimum absolute atomic E-state index is 0.0830. The standard InChI is InChI=1S/C24H26N4O4/c1-25(18-7-3-2-4-8-18)20-10-6-5-9-19(20)24(32)27-15-13-26(14-16-27)23(31)17-28-21(29)11-12-22(28)30/h2-10H,11-17H2,1H3. The summed E-state index contributed by atoms with van der Waals surface area (Å²) in [5.74, 6) is -0.932. The summed E-state index contributed by atoms with van der Waals surface area (Å²) in [4.78, 5) is 55.8. The molecular weight excluding hydrogens is 408 g/mol. The Morgan fingerprint density at radius 3 is 2.03 bits per heavy atom. The lowest BCUT2D eigenvalue weighted by Gasteiger charge is -2.36.